The molecule has 0 bridgehead atoms. The summed E-state index contributed by atoms with van der Waals surface area (Å²) in [4.78, 5) is 24.5. The van der Waals surface area contributed by atoms with Gasteiger partial charge in [0.2, 0.25) is 6.29 Å². The minimum Gasteiger partial charge on any atom is -0.471 e. The first kappa shape index (κ1) is 21.1. The molecule has 2 fully saturated rings. The minimum absolute atomic E-state index is 0.0482. The summed E-state index contributed by atoms with van der Waals surface area (Å²) in [6, 6.07) is 0. The van der Waals surface area contributed by atoms with Crippen LogP contribution in [0.3, 0.4) is 0 Å². The van der Waals surface area contributed by atoms with Crippen LogP contribution in [-0.4, -0.2) is 93.6 Å². The molecule has 0 unspecified atom stereocenters. The zero-order valence-electron chi connectivity index (χ0n) is 15.3. The summed E-state index contributed by atoms with van der Waals surface area (Å²) in [7, 11) is 1.10. The van der Waals surface area contributed by atoms with Crippen molar-refractivity contribution in [1.82, 2.24) is 0 Å². The maximum Gasteiger partial charge on any atom is 0.340 e. The van der Waals surface area contributed by atoms with Crippen LogP contribution in [-0.2, 0) is 28.5 Å². The Bertz CT molecular complexity index is 661. The fourth-order valence-electron chi connectivity index (χ4n) is 4.02. The average molecular weight is 404 g/mol. The lowest BCUT2D eigenvalue weighted by Crippen LogP contribution is -2.61. The summed E-state index contributed by atoms with van der Waals surface area (Å²) >= 11 is 0. The van der Waals surface area contributed by atoms with Crippen LogP contribution in [0.4, 0.5) is 0 Å². The molecule has 0 radical (unpaired) electrons. The van der Waals surface area contributed by atoms with Crippen molar-refractivity contribution in [1.29, 1.82) is 0 Å². The second-order valence-electron chi connectivity index (χ2n) is 7.26. The van der Waals surface area contributed by atoms with E-state index in [9.17, 15) is 35.1 Å². The Morgan fingerprint density at radius 2 is 1.93 bits per heavy atom. The summed E-state index contributed by atoms with van der Waals surface area (Å²) in [6.07, 6.45) is -8.14. The van der Waals surface area contributed by atoms with Crippen molar-refractivity contribution in [2.45, 2.75) is 55.9 Å². The van der Waals surface area contributed by atoms with Crippen LogP contribution in [0, 0.1) is 11.8 Å². The number of carbonyl (C=O) groups excluding carboxylic acids is 2. The lowest BCUT2D eigenvalue weighted by molar-refractivity contribution is -0.346. The van der Waals surface area contributed by atoms with E-state index < -0.39 is 72.8 Å². The Morgan fingerprint density at radius 3 is 2.54 bits per heavy atom. The first-order valence-electron chi connectivity index (χ1n) is 8.82. The predicted octanol–water partition coefficient (Wildman–Crippen LogP) is -2.83. The molecule has 0 aromatic heterocycles. The highest BCUT2D eigenvalue weighted by molar-refractivity contribution is 6.04. The lowest BCUT2D eigenvalue weighted by Gasteiger charge is -2.44. The van der Waals surface area contributed by atoms with Crippen LogP contribution in [0.2, 0.25) is 0 Å². The van der Waals surface area contributed by atoms with E-state index in [1.54, 1.807) is 6.92 Å². The number of esters is 1. The molecule has 11 heteroatoms. The van der Waals surface area contributed by atoms with Gasteiger partial charge >= 0.3 is 5.97 Å². The summed E-state index contributed by atoms with van der Waals surface area (Å²) < 4.78 is 20.9. The second kappa shape index (κ2) is 7.67. The van der Waals surface area contributed by atoms with Gasteiger partial charge in [0.05, 0.1) is 19.6 Å². The Hall–Kier alpha value is -1.60. The topological polar surface area (TPSA) is 172 Å². The fourth-order valence-corrected chi connectivity index (χ4v) is 4.02. The number of methoxy groups -OCH3 is 1. The van der Waals surface area contributed by atoms with Crippen molar-refractivity contribution >= 4 is 11.8 Å². The number of aliphatic hydroxyl groups excluding tert-OH is 4. The molecule has 158 valence electrons. The Balaban J connectivity index is 1.88. The van der Waals surface area contributed by atoms with Crippen molar-refractivity contribution < 1.29 is 54.1 Å². The number of rotatable bonds is 4. The Morgan fingerprint density at radius 1 is 1.25 bits per heavy atom. The predicted molar refractivity (Wildman–Crippen MR) is 87.1 cm³/mol. The molecule has 9 atom stereocenters. The van der Waals surface area contributed by atoms with Crippen molar-refractivity contribution in [2.75, 3.05) is 13.7 Å². The minimum atomic E-state index is -2.20. The van der Waals surface area contributed by atoms with Crippen molar-refractivity contribution in [3.63, 3.8) is 0 Å². The second-order valence-corrected chi connectivity index (χ2v) is 7.26. The van der Waals surface area contributed by atoms with Gasteiger partial charge in [0, 0.05) is 6.42 Å². The van der Waals surface area contributed by atoms with Crippen LogP contribution in [0.5, 0.6) is 0 Å². The van der Waals surface area contributed by atoms with Crippen molar-refractivity contribution in [3.05, 3.63) is 11.8 Å². The van der Waals surface area contributed by atoms with Gasteiger partial charge in [-0.25, -0.2) is 4.79 Å². The first-order chi connectivity index (χ1) is 13.2. The van der Waals surface area contributed by atoms with E-state index in [-0.39, 0.29) is 12.0 Å². The maximum atomic E-state index is 12.5. The smallest absolute Gasteiger partial charge is 0.340 e. The van der Waals surface area contributed by atoms with Crippen LogP contribution in [0.15, 0.2) is 11.8 Å². The molecule has 1 saturated carbocycles. The van der Waals surface area contributed by atoms with E-state index in [4.69, 9.17) is 14.2 Å². The normalized spacial score (nSPS) is 45.8. The molecule has 0 aromatic carbocycles. The third-order valence-corrected chi connectivity index (χ3v) is 5.57. The molecule has 0 amide bonds. The third kappa shape index (κ3) is 3.12. The van der Waals surface area contributed by atoms with Gasteiger partial charge in [-0.1, -0.05) is 6.92 Å². The van der Waals surface area contributed by atoms with E-state index in [0.29, 0.717) is 0 Å². The zero-order valence-corrected chi connectivity index (χ0v) is 15.3. The summed E-state index contributed by atoms with van der Waals surface area (Å²) in [6.45, 7) is 1.01. The molecule has 11 nitrogen and oxygen atoms in total. The van der Waals surface area contributed by atoms with Gasteiger partial charge in [-0.3, -0.25) is 4.79 Å². The van der Waals surface area contributed by atoms with E-state index >= 15 is 0 Å². The Kier molecular flexibility index (Phi) is 5.79. The summed E-state index contributed by atoms with van der Waals surface area (Å²) in [5.41, 5.74) is -2.56. The van der Waals surface area contributed by atoms with Crippen molar-refractivity contribution in [3.8, 4) is 0 Å². The molecule has 5 N–H and O–H groups in total. The summed E-state index contributed by atoms with van der Waals surface area (Å²) in [5, 5.41) is 50.2. The number of ether oxygens (including phenoxy) is 4. The van der Waals surface area contributed by atoms with Gasteiger partial charge < -0.3 is 44.5 Å². The van der Waals surface area contributed by atoms with Crippen molar-refractivity contribution in [2.24, 2.45) is 11.8 Å². The lowest BCUT2D eigenvalue weighted by atomic mass is 9.79. The highest BCUT2D eigenvalue weighted by Crippen LogP contribution is 2.48. The number of aliphatic hydroxyl groups is 5. The number of Topliss-reactive ketones (excluding diaryl/α,β-unsaturated/α-hetero) is 1. The van der Waals surface area contributed by atoms with E-state index in [1.165, 1.54) is 0 Å². The van der Waals surface area contributed by atoms with E-state index in [2.05, 4.69) is 4.74 Å². The van der Waals surface area contributed by atoms with Gasteiger partial charge in [0.15, 0.2) is 17.7 Å². The van der Waals surface area contributed by atoms with Gasteiger partial charge in [0.25, 0.3) is 0 Å². The highest BCUT2D eigenvalue weighted by atomic mass is 16.8. The molecule has 0 spiro atoms. The van der Waals surface area contributed by atoms with Crippen LogP contribution < -0.4 is 0 Å². The maximum absolute atomic E-state index is 12.5. The van der Waals surface area contributed by atoms with E-state index in [0.717, 1.165) is 13.4 Å². The molecule has 28 heavy (non-hydrogen) atoms. The average Bonchev–Trinajstić information content (AvgIpc) is 2.91. The highest BCUT2D eigenvalue weighted by Gasteiger charge is 2.63. The molecule has 0 aromatic rings. The molecule has 3 aliphatic rings. The fraction of sp³-hybridized carbons (Fsp3) is 0.765. The molecule has 2 heterocycles. The number of carbonyl (C=O) groups is 2. The SMILES string of the molecule is COC(=O)C1=CO[C@@H](O[C@H]2O[C@@H](CO)[C@H](O)[C@@H](O)[C@@H]2O)[C@@H]2[C@H](C)CC(=O)[C@]12O. The molecule has 3 rings (SSSR count). The van der Waals surface area contributed by atoms with Crippen LogP contribution >= 0.6 is 0 Å². The number of hydrogen-bond donors (Lipinski definition) is 5. The van der Waals surface area contributed by atoms with E-state index in [1.807, 2.05) is 0 Å². The van der Waals surface area contributed by atoms with Crippen LogP contribution in [0.1, 0.15) is 13.3 Å². The quantitative estimate of drug-likeness (QED) is 0.306. The molecular formula is C17H24O11. The molecule has 1 saturated heterocycles. The summed E-state index contributed by atoms with van der Waals surface area (Å²) in [5.74, 6) is -3.01. The third-order valence-electron chi connectivity index (χ3n) is 5.57. The van der Waals surface area contributed by atoms with Gasteiger partial charge in [-0.2, -0.15) is 0 Å². The standard InChI is InChI=1S/C17H24O11/c1-6-3-9(19)17(24)7(14(23)25-2)5-26-15(10(6)17)28-16-13(22)12(21)11(20)8(4-18)27-16/h5-6,8,10-13,15-16,18,20-22,24H,3-4H2,1-2H3/t6-,8+,10+,11+,12-,13+,15+,16-,17-/m1/s1. The number of ketones is 1. The largest absolute Gasteiger partial charge is 0.471 e. The molecular weight excluding hydrogens is 380 g/mol. The van der Waals surface area contributed by atoms with Gasteiger partial charge in [-0.05, 0) is 5.92 Å². The number of fused-ring (bicyclic) bond motifs is 1. The Labute approximate surface area is 160 Å². The monoisotopic (exact) mass is 404 g/mol. The van der Waals surface area contributed by atoms with Crippen LogP contribution in [0.25, 0.3) is 0 Å². The molecule has 1 aliphatic carbocycles. The van der Waals surface area contributed by atoms with Gasteiger partial charge in [0.1, 0.15) is 36.3 Å². The zero-order chi connectivity index (χ0) is 20.8. The molecule has 2 aliphatic heterocycles. The number of hydrogen-bond acceptors (Lipinski definition) is 11. The first-order valence-corrected chi connectivity index (χ1v) is 8.82. The van der Waals surface area contributed by atoms with Gasteiger partial charge in [-0.15, -0.1) is 0 Å².